The lowest BCUT2D eigenvalue weighted by Gasteiger charge is -2.41. The topological polar surface area (TPSA) is 192 Å². The van der Waals surface area contributed by atoms with E-state index in [-0.39, 0.29) is 13.0 Å². The van der Waals surface area contributed by atoms with Crippen LogP contribution < -0.4 is 0 Å². The van der Waals surface area contributed by atoms with Gasteiger partial charge < -0.3 is 39.9 Å². The number of carbonyl (C=O) groups excluding carboxylic acids is 1. The standard InChI is InChI=1S/C38H71O12P/c1-3-5-7-9-11-13-14-15-16-17-18-19-20-21-23-25-27-32(39)49-31(29-47-28-26-24-22-12-10-8-6-4-2)30-48-51(45,46)50-38-36(43)34(41)33(40)35(42)37(38)44/h13-14,16-17,31,33-38,40-44H,3-12,15,18-30H2,1-2H3,(H,45,46)/b14-13-,17-16-. The molecule has 6 atom stereocenters. The van der Waals surface area contributed by atoms with Gasteiger partial charge in [0.1, 0.15) is 42.7 Å². The second-order valence-corrected chi connectivity index (χ2v) is 15.2. The number of phosphoric acid groups is 1. The number of rotatable bonds is 32. The fourth-order valence-electron chi connectivity index (χ4n) is 5.85. The van der Waals surface area contributed by atoms with Gasteiger partial charge in [0, 0.05) is 13.0 Å². The zero-order valence-corrected chi connectivity index (χ0v) is 32.3. The molecule has 0 aromatic carbocycles. The normalized spacial score (nSPS) is 24.3. The molecule has 1 saturated carbocycles. The van der Waals surface area contributed by atoms with Crippen LogP contribution >= 0.6 is 7.82 Å². The quantitative estimate of drug-likeness (QED) is 0.0188. The van der Waals surface area contributed by atoms with Crippen LogP contribution in [0.5, 0.6) is 0 Å². The van der Waals surface area contributed by atoms with Crippen LogP contribution in [0.4, 0.5) is 0 Å². The van der Waals surface area contributed by atoms with Crippen LogP contribution in [0.3, 0.4) is 0 Å². The fraction of sp³-hybridized carbons (Fsp3) is 0.868. The maximum Gasteiger partial charge on any atom is 0.472 e. The Hall–Kier alpha value is -1.18. The van der Waals surface area contributed by atoms with E-state index in [1.807, 2.05) is 0 Å². The van der Waals surface area contributed by atoms with Gasteiger partial charge in [0.25, 0.3) is 0 Å². The van der Waals surface area contributed by atoms with Crippen molar-refractivity contribution in [3.63, 3.8) is 0 Å². The van der Waals surface area contributed by atoms with Gasteiger partial charge in [0.2, 0.25) is 0 Å². The zero-order valence-electron chi connectivity index (χ0n) is 31.4. The first-order valence-corrected chi connectivity index (χ1v) is 21.2. The monoisotopic (exact) mass is 750 g/mol. The zero-order chi connectivity index (χ0) is 37.7. The van der Waals surface area contributed by atoms with Gasteiger partial charge in [0.15, 0.2) is 0 Å². The average Bonchev–Trinajstić information content (AvgIpc) is 3.11. The number of unbranched alkanes of at least 4 members (excludes halogenated alkanes) is 16. The van der Waals surface area contributed by atoms with Crippen LogP contribution in [-0.4, -0.2) is 98.9 Å². The summed E-state index contributed by atoms with van der Waals surface area (Å²) in [6.07, 6.45) is 18.4. The number of carbonyl (C=O) groups is 1. The van der Waals surface area contributed by atoms with Gasteiger partial charge in [-0.05, 0) is 44.9 Å². The molecule has 12 nitrogen and oxygen atoms in total. The lowest BCUT2D eigenvalue weighted by atomic mass is 9.85. The van der Waals surface area contributed by atoms with Crippen LogP contribution in [0.15, 0.2) is 24.3 Å². The number of esters is 1. The van der Waals surface area contributed by atoms with Crippen LogP contribution in [0.1, 0.15) is 149 Å². The van der Waals surface area contributed by atoms with Gasteiger partial charge in [-0.1, -0.05) is 122 Å². The van der Waals surface area contributed by atoms with E-state index in [4.69, 9.17) is 18.5 Å². The molecule has 1 aliphatic carbocycles. The summed E-state index contributed by atoms with van der Waals surface area (Å²) in [4.78, 5) is 23.0. The number of aliphatic hydroxyl groups excluding tert-OH is 5. The fourth-order valence-corrected chi connectivity index (χ4v) is 6.83. The maximum absolute atomic E-state index is 12.7. The smallest absolute Gasteiger partial charge is 0.457 e. The van der Waals surface area contributed by atoms with Gasteiger partial charge in [-0.3, -0.25) is 13.8 Å². The van der Waals surface area contributed by atoms with Crippen LogP contribution in [0.2, 0.25) is 0 Å². The van der Waals surface area contributed by atoms with E-state index < -0.39 is 63.1 Å². The summed E-state index contributed by atoms with van der Waals surface area (Å²) in [5, 5.41) is 49.9. The second kappa shape index (κ2) is 30.2. The van der Waals surface area contributed by atoms with Crippen LogP contribution in [0, 0.1) is 0 Å². The molecular weight excluding hydrogens is 679 g/mol. The van der Waals surface area contributed by atoms with Crippen molar-refractivity contribution < 1.29 is 58.3 Å². The Morgan fingerprint density at radius 2 is 1.10 bits per heavy atom. The SMILES string of the molecule is CCCCCC/C=C\C/C=C\CCCCCCCC(=O)OC(COCCCCCCCCCC)COP(=O)(O)OC1C(O)C(O)C(O)C(O)C1O. The molecule has 300 valence electrons. The highest BCUT2D eigenvalue weighted by atomic mass is 31.2. The van der Waals surface area contributed by atoms with Crippen molar-refractivity contribution in [1.82, 2.24) is 0 Å². The number of phosphoric ester groups is 1. The number of ether oxygens (including phenoxy) is 2. The van der Waals surface area contributed by atoms with Crippen molar-refractivity contribution in [2.45, 2.75) is 191 Å². The van der Waals surface area contributed by atoms with E-state index in [1.54, 1.807) is 0 Å². The van der Waals surface area contributed by atoms with Gasteiger partial charge in [0.05, 0.1) is 13.2 Å². The van der Waals surface area contributed by atoms with Crippen molar-refractivity contribution >= 4 is 13.8 Å². The summed E-state index contributed by atoms with van der Waals surface area (Å²) in [6, 6.07) is 0. The molecule has 0 amide bonds. The molecule has 6 N–H and O–H groups in total. The first-order chi connectivity index (χ1) is 24.5. The minimum absolute atomic E-state index is 0.0805. The van der Waals surface area contributed by atoms with E-state index in [0.29, 0.717) is 13.0 Å². The third-order valence-electron chi connectivity index (χ3n) is 9.08. The molecule has 1 rings (SSSR count). The Balaban J connectivity index is 2.45. The Kier molecular flexibility index (Phi) is 28.3. The highest BCUT2D eigenvalue weighted by molar-refractivity contribution is 7.47. The number of allylic oxidation sites excluding steroid dienone is 4. The second-order valence-electron chi connectivity index (χ2n) is 13.8. The van der Waals surface area contributed by atoms with Crippen LogP contribution in [0.25, 0.3) is 0 Å². The Morgan fingerprint density at radius 1 is 0.627 bits per heavy atom. The molecule has 0 saturated heterocycles. The number of hydrogen-bond donors (Lipinski definition) is 6. The van der Waals surface area contributed by atoms with Crippen molar-refractivity contribution in [2.75, 3.05) is 19.8 Å². The Morgan fingerprint density at radius 3 is 1.67 bits per heavy atom. The van der Waals surface area contributed by atoms with E-state index in [0.717, 1.165) is 64.2 Å². The van der Waals surface area contributed by atoms with E-state index in [2.05, 4.69) is 38.2 Å². The van der Waals surface area contributed by atoms with E-state index in [9.17, 15) is 39.8 Å². The molecule has 6 unspecified atom stereocenters. The Bertz CT molecular complexity index is 947. The highest BCUT2D eigenvalue weighted by Gasteiger charge is 2.51. The number of hydrogen-bond acceptors (Lipinski definition) is 11. The number of aliphatic hydroxyl groups is 5. The van der Waals surface area contributed by atoms with Crippen molar-refractivity contribution in [2.24, 2.45) is 0 Å². The van der Waals surface area contributed by atoms with Gasteiger partial charge in [-0.25, -0.2) is 4.57 Å². The van der Waals surface area contributed by atoms with Crippen molar-refractivity contribution in [3.05, 3.63) is 24.3 Å². The molecule has 0 heterocycles. The minimum atomic E-state index is -5.01. The average molecular weight is 751 g/mol. The predicted molar refractivity (Wildman–Crippen MR) is 198 cm³/mol. The minimum Gasteiger partial charge on any atom is -0.457 e. The summed E-state index contributed by atoms with van der Waals surface area (Å²) in [5.41, 5.74) is 0. The summed E-state index contributed by atoms with van der Waals surface area (Å²) in [5.74, 6) is -0.493. The molecule has 0 radical (unpaired) electrons. The summed E-state index contributed by atoms with van der Waals surface area (Å²) >= 11 is 0. The van der Waals surface area contributed by atoms with Crippen molar-refractivity contribution in [3.8, 4) is 0 Å². The molecule has 0 aliphatic heterocycles. The Labute approximate surface area is 307 Å². The third kappa shape index (κ3) is 23.3. The molecule has 0 bridgehead atoms. The molecule has 1 fully saturated rings. The molecular formula is C38H71O12P. The summed E-state index contributed by atoms with van der Waals surface area (Å²) in [6.45, 7) is 4.17. The highest BCUT2D eigenvalue weighted by Crippen LogP contribution is 2.47. The molecule has 51 heavy (non-hydrogen) atoms. The molecule has 0 aromatic rings. The van der Waals surface area contributed by atoms with Gasteiger partial charge in [-0.2, -0.15) is 0 Å². The molecule has 0 spiro atoms. The van der Waals surface area contributed by atoms with Gasteiger partial charge >= 0.3 is 13.8 Å². The van der Waals surface area contributed by atoms with Gasteiger partial charge in [-0.15, -0.1) is 0 Å². The molecule has 13 heteroatoms. The maximum atomic E-state index is 12.7. The van der Waals surface area contributed by atoms with Crippen molar-refractivity contribution in [1.29, 1.82) is 0 Å². The lowest BCUT2D eigenvalue weighted by molar-refractivity contribution is -0.220. The van der Waals surface area contributed by atoms with Crippen LogP contribution in [-0.2, 0) is 27.9 Å². The first kappa shape index (κ1) is 47.8. The summed E-state index contributed by atoms with van der Waals surface area (Å²) in [7, 11) is -5.01. The molecule has 0 aromatic heterocycles. The largest absolute Gasteiger partial charge is 0.472 e. The summed E-state index contributed by atoms with van der Waals surface area (Å²) < 4.78 is 33.9. The first-order valence-electron chi connectivity index (χ1n) is 19.7. The third-order valence-corrected chi connectivity index (χ3v) is 10.1. The van der Waals surface area contributed by atoms with E-state index >= 15 is 0 Å². The van der Waals surface area contributed by atoms with E-state index in [1.165, 1.54) is 57.8 Å². The lowest BCUT2D eigenvalue weighted by Crippen LogP contribution is -2.64. The molecule has 1 aliphatic rings. The predicted octanol–water partition coefficient (Wildman–Crippen LogP) is 6.58.